The van der Waals surface area contributed by atoms with E-state index in [4.69, 9.17) is 0 Å². The number of amides is 3. The maximum atomic E-state index is 13.3. The molecule has 3 aromatic rings. The largest absolute Gasteiger partial charge is 0.324 e. The lowest BCUT2D eigenvalue weighted by Gasteiger charge is -2.24. The Balaban J connectivity index is 1.37. The Morgan fingerprint density at radius 3 is 2.74 bits per heavy atom. The van der Waals surface area contributed by atoms with Crippen molar-refractivity contribution in [1.29, 1.82) is 0 Å². The number of imide groups is 1. The zero-order chi connectivity index (χ0) is 24.5. The van der Waals surface area contributed by atoms with Gasteiger partial charge < -0.3 is 10.6 Å². The summed E-state index contributed by atoms with van der Waals surface area (Å²) < 4.78 is 1.33. The Morgan fingerprint density at radius 1 is 1.17 bits per heavy atom. The molecular formula is C24H26N6O4S. The Labute approximate surface area is 205 Å². The van der Waals surface area contributed by atoms with Crippen molar-refractivity contribution in [3.63, 3.8) is 0 Å². The van der Waals surface area contributed by atoms with E-state index in [1.54, 1.807) is 36.5 Å². The van der Waals surface area contributed by atoms with Crippen LogP contribution in [0.4, 0.5) is 5.69 Å². The van der Waals surface area contributed by atoms with Gasteiger partial charge in [0.25, 0.3) is 5.56 Å². The highest BCUT2D eigenvalue weighted by Crippen LogP contribution is 2.28. The molecule has 1 aromatic carbocycles. The van der Waals surface area contributed by atoms with Crippen molar-refractivity contribution in [2.75, 3.05) is 18.4 Å². The average molecular weight is 495 g/mol. The van der Waals surface area contributed by atoms with Crippen LogP contribution in [0.25, 0.3) is 10.9 Å². The molecule has 4 heterocycles. The quantitative estimate of drug-likeness (QED) is 0.460. The minimum Gasteiger partial charge on any atom is -0.324 e. The van der Waals surface area contributed by atoms with E-state index >= 15 is 0 Å². The van der Waals surface area contributed by atoms with Crippen molar-refractivity contribution in [2.45, 2.75) is 51.0 Å². The van der Waals surface area contributed by atoms with Crippen molar-refractivity contribution in [1.82, 2.24) is 25.2 Å². The molecule has 0 bridgehead atoms. The third kappa shape index (κ3) is 4.73. The number of aromatic nitrogens is 3. The molecule has 0 aliphatic carbocycles. The number of carbonyl (C=O) groups excluding carboxylic acids is 3. The number of anilines is 1. The van der Waals surface area contributed by atoms with Crippen LogP contribution in [-0.4, -0.2) is 45.3 Å². The van der Waals surface area contributed by atoms with Gasteiger partial charge in [0.2, 0.25) is 17.7 Å². The fourth-order valence-electron chi connectivity index (χ4n) is 4.74. The summed E-state index contributed by atoms with van der Waals surface area (Å²) in [5.74, 6) is -0.323. The molecule has 35 heavy (non-hydrogen) atoms. The molecule has 11 heteroatoms. The summed E-state index contributed by atoms with van der Waals surface area (Å²) in [6.45, 7) is 3.61. The van der Waals surface area contributed by atoms with Gasteiger partial charge in [-0.25, -0.2) is 9.97 Å². The standard InChI is InChI=1S/C24H26N6O4S/c1-13-26-21-16(24(34)30(13)18-5-6-19(31)29-22(18)33)3-2-4-17(21)28-20(32)11-15-12-35-23(27-15)14-7-9-25-10-8-14/h2-4,12,14,18,25H,5-11H2,1H3,(H,28,32)(H,29,31,33). The highest BCUT2D eigenvalue weighted by molar-refractivity contribution is 7.09. The van der Waals surface area contributed by atoms with Gasteiger partial charge in [-0.1, -0.05) is 6.07 Å². The number of hydrogen-bond donors (Lipinski definition) is 3. The second kappa shape index (κ2) is 9.67. The van der Waals surface area contributed by atoms with Crippen LogP contribution in [0.5, 0.6) is 0 Å². The normalized spacial score (nSPS) is 19.1. The van der Waals surface area contributed by atoms with Gasteiger partial charge in [0, 0.05) is 17.7 Å². The topological polar surface area (TPSA) is 135 Å². The smallest absolute Gasteiger partial charge is 0.262 e. The average Bonchev–Trinajstić information content (AvgIpc) is 3.30. The molecule has 1 atom stereocenters. The van der Waals surface area contributed by atoms with Crippen LogP contribution in [0.3, 0.4) is 0 Å². The predicted molar refractivity (Wildman–Crippen MR) is 131 cm³/mol. The maximum Gasteiger partial charge on any atom is 0.262 e. The molecule has 3 N–H and O–H groups in total. The lowest BCUT2D eigenvalue weighted by Crippen LogP contribution is -2.45. The summed E-state index contributed by atoms with van der Waals surface area (Å²) in [4.78, 5) is 59.2. The number of para-hydroxylation sites is 1. The zero-order valence-electron chi connectivity index (χ0n) is 19.3. The number of piperidine rings is 2. The summed E-state index contributed by atoms with van der Waals surface area (Å²) in [5.41, 5.74) is 1.13. The summed E-state index contributed by atoms with van der Waals surface area (Å²) in [7, 11) is 0. The lowest BCUT2D eigenvalue weighted by atomic mass is 9.99. The minimum absolute atomic E-state index is 0.129. The summed E-state index contributed by atoms with van der Waals surface area (Å²) in [6.07, 6.45) is 2.63. The number of hydrogen-bond acceptors (Lipinski definition) is 8. The van der Waals surface area contributed by atoms with Gasteiger partial charge in [0.05, 0.1) is 28.2 Å². The van der Waals surface area contributed by atoms with Gasteiger partial charge in [-0.05, 0) is 51.4 Å². The number of benzene rings is 1. The first-order chi connectivity index (χ1) is 16.9. The van der Waals surface area contributed by atoms with E-state index in [0.717, 1.165) is 36.6 Å². The third-order valence-corrected chi connectivity index (χ3v) is 7.56. The van der Waals surface area contributed by atoms with Crippen LogP contribution >= 0.6 is 11.3 Å². The minimum atomic E-state index is -0.797. The van der Waals surface area contributed by atoms with Crippen molar-refractivity contribution in [2.24, 2.45) is 0 Å². The number of rotatable bonds is 5. The molecule has 2 aliphatic heterocycles. The van der Waals surface area contributed by atoms with E-state index in [-0.39, 0.29) is 36.6 Å². The first-order valence-electron chi connectivity index (χ1n) is 11.7. The fraction of sp³-hybridized carbons (Fsp3) is 0.417. The molecule has 2 saturated heterocycles. The van der Waals surface area contributed by atoms with Crippen LogP contribution < -0.4 is 21.5 Å². The van der Waals surface area contributed by atoms with Crippen LogP contribution in [0.2, 0.25) is 0 Å². The second-order valence-electron chi connectivity index (χ2n) is 8.93. The van der Waals surface area contributed by atoms with Gasteiger partial charge in [-0.3, -0.25) is 29.1 Å². The van der Waals surface area contributed by atoms with Crippen molar-refractivity contribution in [3.8, 4) is 0 Å². The first-order valence-corrected chi connectivity index (χ1v) is 12.6. The Kier molecular flexibility index (Phi) is 6.44. The lowest BCUT2D eigenvalue weighted by molar-refractivity contribution is -0.135. The molecule has 0 radical (unpaired) electrons. The summed E-state index contributed by atoms with van der Waals surface area (Å²) in [6, 6.07) is 4.19. The Hall–Kier alpha value is -3.44. The molecule has 3 amide bonds. The molecule has 1 unspecified atom stereocenters. The number of fused-ring (bicyclic) bond motifs is 1. The SMILES string of the molecule is Cc1nc2c(NC(=O)Cc3csc(C4CCNCC4)n3)cccc2c(=O)n1C1CCC(=O)NC1=O. The Morgan fingerprint density at radius 2 is 1.97 bits per heavy atom. The van der Waals surface area contributed by atoms with Gasteiger partial charge in [0.1, 0.15) is 17.4 Å². The summed E-state index contributed by atoms with van der Waals surface area (Å²) in [5, 5.41) is 11.8. The van der Waals surface area contributed by atoms with E-state index in [1.165, 1.54) is 4.57 Å². The maximum absolute atomic E-state index is 13.3. The Bertz CT molecular complexity index is 1370. The molecular weight excluding hydrogens is 468 g/mol. The van der Waals surface area contributed by atoms with E-state index in [2.05, 4.69) is 25.9 Å². The molecule has 2 aliphatic rings. The van der Waals surface area contributed by atoms with Gasteiger partial charge in [-0.2, -0.15) is 0 Å². The number of thiazole rings is 1. The van der Waals surface area contributed by atoms with Gasteiger partial charge >= 0.3 is 0 Å². The number of carbonyl (C=O) groups is 3. The highest BCUT2D eigenvalue weighted by Gasteiger charge is 2.30. The fourth-order valence-corrected chi connectivity index (χ4v) is 5.74. The molecule has 2 fully saturated rings. The van der Waals surface area contributed by atoms with Crippen LogP contribution in [-0.2, 0) is 20.8 Å². The number of nitrogens with one attached hydrogen (secondary N) is 3. The number of nitrogens with zero attached hydrogens (tertiary/aromatic N) is 3. The van der Waals surface area contributed by atoms with E-state index < -0.39 is 11.9 Å². The monoisotopic (exact) mass is 494 g/mol. The second-order valence-corrected chi connectivity index (χ2v) is 9.82. The molecule has 182 valence electrons. The third-order valence-electron chi connectivity index (χ3n) is 6.50. The molecule has 10 nitrogen and oxygen atoms in total. The van der Waals surface area contributed by atoms with Crippen molar-refractivity contribution in [3.05, 3.63) is 50.5 Å². The van der Waals surface area contributed by atoms with E-state index in [0.29, 0.717) is 28.3 Å². The number of aryl methyl sites for hydroxylation is 1. The highest BCUT2D eigenvalue weighted by atomic mass is 32.1. The van der Waals surface area contributed by atoms with Crippen molar-refractivity contribution >= 4 is 45.6 Å². The molecule has 0 saturated carbocycles. The summed E-state index contributed by atoms with van der Waals surface area (Å²) >= 11 is 1.60. The van der Waals surface area contributed by atoms with Crippen LogP contribution in [0.1, 0.15) is 54.2 Å². The molecule has 2 aromatic heterocycles. The molecule has 0 spiro atoms. The first kappa shape index (κ1) is 23.3. The van der Waals surface area contributed by atoms with Gasteiger partial charge in [-0.15, -0.1) is 11.3 Å². The van der Waals surface area contributed by atoms with E-state index in [1.807, 2.05) is 5.38 Å². The predicted octanol–water partition coefficient (Wildman–Crippen LogP) is 1.79. The zero-order valence-corrected chi connectivity index (χ0v) is 20.1. The van der Waals surface area contributed by atoms with E-state index in [9.17, 15) is 19.2 Å². The van der Waals surface area contributed by atoms with Crippen LogP contribution in [0, 0.1) is 6.92 Å². The van der Waals surface area contributed by atoms with Gasteiger partial charge in [0.15, 0.2) is 0 Å². The molecule has 5 rings (SSSR count). The van der Waals surface area contributed by atoms with Crippen molar-refractivity contribution < 1.29 is 14.4 Å². The van der Waals surface area contributed by atoms with Crippen LogP contribution in [0.15, 0.2) is 28.4 Å².